The molecule has 124 valence electrons. The van der Waals surface area contributed by atoms with Crippen LogP contribution in [-0.2, 0) is 4.79 Å². The molecule has 4 nitrogen and oxygen atoms in total. The maximum absolute atomic E-state index is 12.1. The summed E-state index contributed by atoms with van der Waals surface area (Å²) in [6.07, 6.45) is 1.36. The third-order valence-electron chi connectivity index (χ3n) is 4.62. The number of hydrogen-bond acceptors (Lipinski definition) is 4. The lowest BCUT2D eigenvalue weighted by atomic mass is 9.92. The van der Waals surface area contributed by atoms with Crippen LogP contribution >= 0.6 is 0 Å². The van der Waals surface area contributed by atoms with Gasteiger partial charge in [0.15, 0.2) is 0 Å². The Bertz CT molecular complexity index is 1250. The molecule has 0 fully saturated rings. The number of rotatable bonds is 2. The molecule has 0 unspecified atom stereocenters. The van der Waals surface area contributed by atoms with Gasteiger partial charge in [0.25, 0.3) is 0 Å². The Labute approximate surface area is 148 Å². The Hall–Kier alpha value is -3.66. The summed E-state index contributed by atoms with van der Waals surface area (Å²) in [6, 6.07) is 20.8. The summed E-state index contributed by atoms with van der Waals surface area (Å²) in [5, 5.41) is 5.32. The number of anilines is 1. The van der Waals surface area contributed by atoms with Gasteiger partial charge in [-0.05, 0) is 24.3 Å². The highest BCUT2D eigenvalue weighted by molar-refractivity contribution is 6.50. The number of ketones is 2. The molecule has 5 rings (SSSR count). The summed E-state index contributed by atoms with van der Waals surface area (Å²) in [7, 11) is 0. The zero-order valence-corrected chi connectivity index (χ0v) is 13.7. The van der Waals surface area contributed by atoms with E-state index in [0.717, 1.165) is 33.2 Å². The van der Waals surface area contributed by atoms with E-state index >= 15 is 0 Å². The average molecular weight is 339 g/mol. The minimum absolute atomic E-state index is 0.428. The molecule has 0 saturated heterocycles. The smallest absolute Gasteiger partial charge is 0.233 e. The van der Waals surface area contributed by atoms with Crippen molar-refractivity contribution in [3.63, 3.8) is 0 Å². The Morgan fingerprint density at radius 2 is 1.46 bits per heavy atom. The molecule has 0 saturated carbocycles. The predicted molar refractivity (Wildman–Crippen MR) is 101 cm³/mol. The van der Waals surface area contributed by atoms with E-state index in [1.165, 1.54) is 6.08 Å². The number of carbonyl (C=O) groups excluding carboxylic acids is 2. The molecule has 1 heterocycles. The molecule has 0 radical (unpaired) electrons. The second-order valence-electron chi connectivity index (χ2n) is 6.23. The van der Waals surface area contributed by atoms with E-state index in [2.05, 4.69) is 5.32 Å². The number of furan rings is 1. The summed E-state index contributed by atoms with van der Waals surface area (Å²) < 4.78 is 5.84. The van der Waals surface area contributed by atoms with Crippen molar-refractivity contribution in [1.29, 1.82) is 0 Å². The van der Waals surface area contributed by atoms with Crippen molar-refractivity contribution in [2.45, 2.75) is 0 Å². The molecule has 26 heavy (non-hydrogen) atoms. The molecule has 1 aliphatic carbocycles. The van der Waals surface area contributed by atoms with Crippen LogP contribution in [0.1, 0.15) is 15.9 Å². The number of para-hydroxylation sites is 1. The van der Waals surface area contributed by atoms with E-state index < -0.39 is 11.6 Å². The lowest BCUT2D eigenvalue weighted by Crippen LogP contribution is -2.20. The van der Waals surface area contributed by atoms with Gasteiger partial charge in [0, 0.05) is 33.7 Å². The SMILES string of the molecule is O=C1C=C(Nc2ccc3oc4ccccc4c3c2)c2ccccc2C1=O. The summed E-state index contributed by atoms with van der Waals surface area (Å²) in [5.74, 6) is -0.983. The second kappa shape index (κ2) is 5.43. The number of carbonyl (C=O) groups is 2. The van der Waals surface area contributed by atoms with Crippen molar-refractivity contribution in [3.8, 4) is 0 Å². The summed E-state index contributed by atoms with van der Waals surface area (Å²) >= 11 is 0. The molecule has 3 aromatic carbocycles. The normalized spacial score (nSPS) is 13.8. The number of benzene rings is 3. The van der Waals surface area contributed by atoms with Crippen LogP contribution in [0.3, 0.4) is 0 Å². The van der Waals surface area contributed by atoms with Crippen molar-refractivity contribution in [2.24, 2.45) is 0 Å². The van der Waals surface area contributed by atoms with Crippen molar-refractivity contribution in [3.05, 3.63) is 83.9 Å². The van der Waals surface area contributed by atoms with E-state index in [-0.39, 0.29) is 0 Å². The van der Waals surface area contributed by atoms with E-state index in [9.17, 15) is 9.59 Å². The van der Waals surface area contributed by atoms with Gasteiger partial charge in [0.1, 0.15) is 11.2 Å². The first kappa shape index (κ1) is 14.7. The first-order valence-electron chi connectivity index (χ1n) is 8.29. The van der Waals surface area contributed by atoms with Crippen LogP contribution in [0.2, 0.25) is 0 Å². The van der Waals surface area contributed by atoms with Gasteiger partial charge in [-0.15, -0.1) is 0 Å². The molecule has 1 aromatic heterocycles. The molecule has 1 N–H and O–H groups in total. The molecular weight excluding hydrogens is 326 g/mol. The fourth-order valence-electron chi connectivity index (χ4n) is 3.39. The third-order valence-corrected chi connectivity index (χ3v) is 4.62. The van der Waals surface area contributed by atoms with Crippen molar-refractivity contribution < 1.29 is 14.0 Å². The predicted octanol–water partition coefficient (Wildman–Crippen LogP) is 4.80. The number of nitrogens with one attached hydrogen (secondary N) is 1. The molecule has 0 atom stereocenters. The minimum atomic E-state index is -0.513. The largest absolute Gasteiger partial charge is 0.456 e. The molecule has 4 heteroatoms. The summed E-state index contributed by atoms with van der Waals surface area (Å²) in [4.78, 5) is 24.1. The minimum Gasteiger partial charge on any atom is -0.456 e. The molecule has 4 aromatic rings. The zero-order chi connectivity index (χ0) is 17.7. The lowest BCUT2D eigenvalue weighted by Gasteiger charge is -2.17. The standard InChI is InChI=1S/C22H13NO3/c24-19-12-18(14-5-1-2-7-16(14)22(19)25)23-13-9-10-21-17(11-13)15-6-3-4-8-20(15)26-21/h1-12,23H. The van der Waals surface area contributed by atoms with Crippen LogP contribution in [0.25, 0.3) is 27.6 Å². The zero-order valence-electron chi connectivity index (χ0n) is 13.7. The van der Waals surface area contributed by atoms with Gasteiger partial charge in [0.2, 0.25) is 11.6 Å². The topological polar surface area (TPSA) is 59.3 Å². The van der Waals surface area contributed by atoms with Crippen LogP contribution in [0.15, 0.2) is 77.2 Å². The maximum Gasteiger partial charge on any atom is 0.233 e. The van der Waals surface area contributed by atoms with Gasteiger partial charge in [-0.1, -0.05) is 42.5 Å². The fraction of sp³-hybridized carbons (Fsp3) is 0. The average Bonchev–Trinajstić information content (AvgIpc) is 3.04. The molecule has 0 aliphatic heterocycles. The highest BCUT2D eigenvalue weighted by Crippen LogP contribution is 2.32. The van der Waals surface area contributed by atoms with Crippen molar-refractivity contribution in [1.82, 2.24) is 0 Å². The van der Waals surface area contributed by atoms with E-state index in [0.29, 0.717) is 11.3 Å². The Balaban J connectivity index is 1.61. The Morgan fingerprint density at radius 3 is 2.35 bits per heavy atom. The Kier molecular flexibility index (Phi) is 3.06. The second-order valence-corrected chi connectivity index (χ2v) is 6.23. The van der Waals surface area contributed by atoms with Crippen molar-refractivity contribution >= 4 is 44.9 Å². The fourth-order valence-corrected chi connectivity index (χ4v) is 3.39. The number of fused-ring (bicyclic) bond motifs is 4. The number of Topliss-reactive ketones (excluding diaryl/α,β-unsaturated/α-hetero) is 1. The molecule has 0 amide bonds. The molecule has 0 spiro atoms. The van der Waals surface area contributed by atoms with Gasteiger partial charge in [-0.25, -0.2) is 0 Å². The van der Waals surface area contributed by atoms with Gasteiger partial charge in [0.05, 0.1) is 5.70 Å². The highest BCUT2D eigenvalue weighted by atomic mass is 16.3. The van der Waals surface area contributed by atoms with Crippen LogP contribution < -0.4 is 5.32 Å². The third kappa shape index (κ3) is 2.16. The monoisotopic (exact) mass is 339 g/mol. The quantitative estimate of drug-likeness (QED) is 0.533. The maximum atomic E-state index is 12.1. The van der Waals surface area contributed by atoms with Gasteiger partial charge >= 0.3 is 0 Å². The molecule has 1 aliphatic rings. The van der Waals surface area contributed by atoms with E-state index in [4.69, 9.17) is 4.42 Å². The van der Waals surface area contributed by atoms with Crippen LogP contribution in [0.5, 0.6) is 0 Å². The molecule has 0 bridgehead atoms. The lowest BCUT2D eigenvalue weighted by molar-refractivity contribution is -0.111. The molecular formula is C22H13NO3. The van der Waals surface area contributed by atoms with Crippen molar-refractivity contribution in [2.75, 3.05) is 5.32 Å². The van der Waals surface area contributed by atoms with Crippen LogP contribution in [-0.4, -0.2) is 11.6 Å². The number of allylic oxidation sites excluding steroid dienone is 1. The van der Waals surface area contributed by atoms with Crippen LogP contribution in [0, 0.1) is 0 Å². The van der Waals surface area contributed by atoms with Gasteiger partial charge in [-0.2, -0.15) is 0 Å². The van der Waals surface area contributed by atoms with Gasteiger partial charge in [-0.3, -0.25) is 9.59 Å². The van der Waals surface area contributed by atoms with Crippen LogP contribution in [0.4, 0.5) is 5.69 Å². The van der Waals surface area contributed by atoms with E-state index in [1.807, 2.05) is 54.6 Å². The summed E-state index contributed by atoms with van der Waals surface area (Å²) in [5.41, 5.74) is 4.25. The first-order chi connectivity index (χ1) is 12.7. The van der Waals surface area contributed by atoms with Gasteiger partial charge < -0.3 is 9.73 Å². The van der Waals surface area contributed by atoms with E-state index in [1.54, 1.807) is 12.1 Å². The number of hydrogen-bond donors (Lipinski definition) is 1. The Morgan fingerprint density at radius 1 is 0.731 bits per heavy atom. The first-order valence-corrected chi connectivity index (χ1v) is 8.29. The highest BCUT2D eigenvalue weighted by Gasteiger charge is 2.25. The summed E-state index contributed by atoms with van der Waals surface area (Å²) in [6.45, 7) is 0.